The number of amides is 1. The van der Waals surface area contributed by atoms with Gasteiger partial charge in [0.1, 0.15) is 0 Å². The number of terminal acetylenes is 1. The Hall–Kier alpha value is -1.90. The number of aromatic nitrogens is 1. The first-order valence-corrected chi connectivity index (χ1v) is 6.84. The summed E-state index contributed by atoms with van der Waals surface area (Å²) < 4.78 is 0. The number of hydrogen-bond acceptors (Lipinski definition) is 4. The van der Waals surface area contributed by atoms with E-state index in [-0.39, 0.29) is 5.91 Å². The molecule has 1 N–H and O–H groups in total. The summed E-state index contributed by atoms with van der Waals surface area (Å²) in [4.78, 5) is 20.4. The predicted octanol–water partition coefficient (Wildman–Crippen LogP) is -0.0514. The Morgan fingerprint density at radius 1 is 1.35 bits per heavy atom. The highest BCUT2D eigenvalue weighted by Gasteiger charge is 2.20. The first-order valence-electron chi connectivity index (χ1n) is 6.84. The van der Waals surface area contributed by atoms with Crippen molar-refractivity contribution in [2.75, 3.05) is 39.3 Å². The lowest BCUT2D eigenvalue weighted by atomic mass is 10.2. The molecule has 1 aromatic heterocycles. The van der Waals surface area contributed by atoms with Crippen LogP contribution in [-0.2, 0) is 11.3 Å². The molecule has 0 atom stereocenters. The number of hydrogen-bond donors (Lipinski definition) is 1. The minimum Gasteiger partial charge on any atom is -0.339 e. The number of piperazine rings is 1. The van der Waals surface area contributed by atoms with E-state index in [9.17, 15) is 4.79 Å². The number of nitrogens with zero attached hydrogens (tertiary/aromatic N) is 3. The normalized spacial score (nSPS) is 15.8. The number of carbonyl (C=O) groups excluding carboxylic acids is 1. The van der Waals surface area contributed by atoms with Crippen molar-refractivity contribution in [3.05, 3.63) is 30.1 Å². The van der Waals surface area contributed by atoms with Crippen LogP contribution >= 0.6 is 0 Å². The fourth-order valence-electron chi connectivity index (χ4n) is 2.23. The summed E-state index contributed by atoms with van der Waals surface area (Å²) >= 11 is 0. The summed E-state index contributed by atoms with van der Waals surface area (Å²) in [6.45, 7) is 4.91. The molecule has 0 unspecified atom stereocenters. The molecule has 1 aromatic rings. The second-order valence-corrected chi connectivity index (χ2v) is 4.79. The van der Waals surface area contributed by atoms with Crippen molar-refractivity contribution in [3.63, 3.8) is 0 Å². The van der Waals surface area contributed by atoms with E-state index in [0.717, 1.165) is 38.4 Å². The molecule has 5 nitrogen and oxygen atoms in total. The lowest BCUT2D eigenvalue weighted by molar-refractivity contribution is -0.132. The van der Waals surface area contributed by atoms with Gasteiger partial charge in [-0.15, -0.1) is 6.42 Å². The van der Waals surface area contributed by atoms with Gasteiger partial charge in [-0.05, 0) is 12.1 Å². The molecule has 1 aliphatic heterocycles. The summed E-state index contributed by atoms with van der Waals surface area (Å²) in [5, 5.41) is 2.93. The lowest BCUT2D eigenvalue weighted by Gasteiger charge is -2.34. The van der Waals surface area contributed by atoms with Gasteiger partial charge in [-0.1, -0.05) is 12.0 Å². The average molecular weight is 272 g/mol. The Bertz CT molecular complexity index is 461. The molecule has 1 aliphatic rings. The molecule has 0 aromatic carbocycles. The van der Waals surface area contributed by atoms with Crippen molar-refractivity contribution in [1.82, 2.24) is 20.1 Å². The third-order valence-corrected chi connectivity index (χ3v) is 3.34. The van der Waals surface area contributed by atoms with Gasteiger partial charge >= 0.3 is 0 Å². The van der Waals surface area contributed by atoms with Gasteiger partial charge in [0.2, 0.25) is 5.91 Å². The summed E-state index contributed by atoms with van der Waals surface area (Å²) in [6.07, 6.45) is 6.95. The van der Waals surface area contributed by atoms with Gasteiger partial charge in [0.15, 0.2) is 0 Å². The van der Waals surface area contributed by atoms with E-state index in [0.29, 0.717) is 13.1 Å². The highest BCUT2D eigenvalue weighted by molar-refractivity contribution is 5.78. The topological polar surface area (TPSA) is 48.5 Å². The van der Waals surface area contributed by atoms with Crippen LogP contribution in [0.2, 0.25) is 0 Å². The van der Waals surface area contributed by atoms with Crippen LogP contribution in [0.4, 0.5) is 0 Å². The van der Waals surface area contributed by atoms with Gasteiger partial charge in [0.05, 0.1) is 18.8 Å². The molecule has 5 heteroatoms. The molecular formula is C15H20N4O. The van der Waals surface area contributed by atoms with Crippen molar-refractivity contribution in [2.45, 2.75) is 6.54 Å². The van der Waals surface area contributed by atoms with Crippen molar-refractivity contribution in [3.8, 4) is 12.3 Å². The summed E-state index contributed by atoms with van der Waals surface area (Å²) in [7, 11) is 0. The third kappa shape index (κ3) is 4.34. The fraction of sp³-hybridized carbons (Fsp3) is 0.467. The van der Waals surface area contributed by atoms with E-state index < -0.39 is 0 Å². The molecule has 0 aliphatic carbocycles. The Kier molecular flexibility index (Phi) is 5.54. The first-order chi connectivity index (χ1) is 9.79. The second kappa shape index (κ2) is 7.63. The Labute approximate surface area is 120 Å². The minimum absolute atomic E-state index is 0.123. The van der Waals surface area contributed by atoms with Crippen molar-refractivity contribution in [1.29, 1.82) is 0 Å². The van der Waals surface area contributed by atoms with Gasteiger partial charge in [-0.2, -0.15) is 0 Å². The van der Waals surface area contributed by atoms with E-state index in [4.69, 9.17) is 6.42 Å². The van der Waals surface area contributed by atoms with Gasteiger partial charge in [-0.25, -0.2) is 0 Å². The van der Waals surface area contributed by atoms with Crippen LogP contribution in [0.3, 0.4) is 0 Å². The van der Waals surface area contributed by atoms with E-state index in [1.54, 1.807) is 0 Å². The molecule has 0 spiro atoms. The molecule has 0 radical (unpaired) electrons. The van der Waals surface area contributed by atoms with Gasteiger partial charge in [-0.3, -0.25) is 20.0 Å². The van der Waals surface area contributed by atoms with Crippen molar-refractivity contribution in [2.24, 2.45) is 0 Å². The highest BCUT2D eigenvalue weighted by Crippen LogP contribution is 2.06. The molecule has 1 fully saturated rings. The first kappa shape index (κ1) is 14.5. The monoisotopic (exact) mass is 272 g/mol. The minimum atomic E-state index is 0.123. The number of nitrogens with one attached hydrogen (secondary N) is 1. The van der Waals surface area contributed by atoms with Crippen LogP contribution in [-0.4, -0.2) is 60.0 Å². The molecule has 20 heavy (non-hydrogen) atoms. The highest BCUT2D eigenvalue weighted by atomic mass is 16.2. The Morgan fingerprint density at radius 3 is 2.80 bits per heavy atom. The number of carbonyl (C=O) groups is 1. The van der Waals surface area contributed by atoms with Crippen LogP contribution < -0.4 is 5.32 Å². The van der Waals surface area contributed by atoms with Crippen LogP contribution in [0.1, 0.15) is 5.69 Å². The molecule has 0 bridgehead atoms. The second-order valence-electron chi connectivity index (χ2n) is 4.79. The molecule has 0 saturated carbocycles. The van der Waals surface area contributed by atoms with Crippen LogP contribution in [0.25, 0.3) is 0 Å². The molecular weight excluding hydrogens is 252 g/mol. The molecule has 2 rings (SSSR count). The summed E-state index contributed by atoms with van der Waals surface area (Å²) in [6, 6.07) is 5.95. The fourth-order valence-corrected chi connectivity index (χ4v) is 2.23. The van der Waals surface area contributed by atoms with E-state index in [2.05, 4.69) is 21.1 Å². The van der Waals surface area contributed by atoms with Crippen LogP contribution in [0.5, 0.6) is 0 Å². The van der Waals surface area contributed by atoms with Crippen LogP contribution in [0.15, 0.2) is 24.4 Å². The Balaban J connectivity index is 1.72. The van der Waals surface area contributed by atoms with Crippen molar-refractivity contribution >= 4 is 5.91 Å². The van der Waals surface area contributed by atoms with E-state index >= 15 is 0 Å². The zero-order valence-electron chi connectivity index (χ0n) is 11.6. The zero-order valence-corrected chi connectivity index (χ0v) is 11.6. The third-order valence-electron chi connectivity index (χ3n) is 3.34. The largest absolute Gasteiger partial charge is 0.339 e. The van der Waals surface area contributed by atoms with Crippen LogP contribution in [0, 0.1) is 12.3 Å². The maximum atomic E-state index is 11.9. The molecule has 2 heterocycles. The predicted molar refractivity (Wildman–Crippen MR) is 77.8 cm³/mol. The number of pyridine rings is 1. The maximum Gasteiger partial charge on any atom is 0.236 e. The van der Waals surface area contributed by atoms with Gasteiger partial charge < -0.3 is 4.90 Å². The lowest BCUT2D eigenvalue weighted by Crippen LogP contribution is -2.50. The number of rotatable bonds is 5. The SMILES string of the molecule is C#CCNCC(=O)N1CCN(Cc2ccccn2)CC1. The van der Waals surface area contributed by atoms with Gasteiger partial charge in [0.25, 0.3) is 0 Å². The van der Waals surface area contributed by atoms with E-state index in [1.165, 1.54) is 0 Å². The summed E-state index contributed by atoms with van der Waals surface area (Å²) in [5.41, 5.74) is 1.07. The quantitative estimate of drug-likeness (QED) is 0.603. The molecule has 1 saturated heterocycles. The van der Waals surface area contributed by atoms with E-state index in [1.807, 2.05) is 29.3 Å². The summed E-state index contributed by atoms with van der Waals surface area (Å²) in [5.74, 6) is 2.59. The zero-order chi connectivity index (χ0) is 14.2. The smallest absolute Gasteiger partial charge is 0.236 e. The standard InChI is InChI=1S/C15H20N4O/c1-2-6-16-12-15(20)19-10-8-18(9-11-19)13-14-5-3-4-7-17-14/h1,3-5,7,16H,6,8-13H2. The maximum absolute atomic E-state index is 11.9. The van der Waals surface area contributed by atoms with Gasteiger partial charge in [0, 0.05) is 38.9 Å². The molecule has 1 amide bonds. The van der Waals surface area contributed by atoms with Crippen molar-refractivity contribution < 1.29 is 4.79 Å². The molecule has 106 valence electrons. The average Bonchev–Trinajstić information content (AvgIpc) is 2.49. The Morgan fingerprint density at radius 2 is 2.15 bits per heavy atom.